The molecule has 1 aromatic rings. The van der Waals surface area contributed by atoms with E-state index >= 15 is 0 Å². The number of nitrogens with zero attached hydrogens (tertiary/aromatic N) is 2. The molecule has 26 heavy (non-hydrogen) atoms. The smallest absolute Gasteiger partial charge is 0.216 e. The summed E-state index contributed by atoms with van der Waals surface area (Å²) in [6, 6.07) is 0. The van der Waals surface area contributed by atoms with E-state index in [0.717, 1.165) is 57.3 Å². The molecular formula is C19H34N4O3. The van der Waals surface area contributed by atoms with E-state index in [4.69, 9.17) is 13.9 Å². The molecule has 148 valence electrons. The molecule has 1 unspecified atom stereocenters. The first-order chi connectivity index (χ1) is 12.5. The maximum atomic E-state index is 5.78. The number of ether oxygens (including phenoxy) is 2. The molecule has 2 N–H and O–H groups in total. The zero-order chi connectivity index (χ0) is 18.8. The fraction of sp³-hybridized carbons (Fsp3) is 0.789. The van der Waals surface area contributed by atoms with Gasteiger partial charge in [0.2, 0.25) is 5.89 Å². The monoisotopic (exact) mass is 366 g/mol. The van der Waals surface area contributed by atoms with E-state index in [0.29, 0.717) is 25.1 Å². The lowest BCUT2D eigenvalue weighted by Crippen LogP contribution is -2.38. The molecule has 2 heterocycles. The average molecular weight is 367 g/mol. The van der Waals surface area contributed by atoms with Crippen molar-refractivity contribution in [1.82, 2.24) is 15.6 Å². The standard InChI is InChI=1S/C19H34N4O3/c1-5-20-18(21-9-7-10-24-14-15-8-6-11-25-15)23-13-17-22-12-16(26-17)19(2,3)4/h12,15H,5-11,13-14H2,1-4H3,(H2,20,21,23). The van der Waals surface area contributed by atoms with Crippen LogP contribution in [0.2, 0.25) is 0 Å². The Morgan fingerprint density at radius 1 is 1.38 bits per heavy atom. The highest BCUT2D eigenvalue weighted by atomic mass is 16.5. The van der Waals surface area contributed by atoms with Crippen molar-refractivity contribution in [2.24, 2.45) is 4.99 Å². The normalized spacial score (nSPS) is 18.3. The summed E-state index contributed by atoms with van der Waals surface area (Å²) in [5, 5.41) is 6.55. The largest absolute Gasteiger partial charge is 0.443 e. The van der Waals surface area contributed by atoms with Gasteiger partial charge >= 0.3 is 0 Å². The zero-order valence-corrected chi connectivity index (χ0v) is 16.6. The Hall–Kier alpha value is -1.60. The van der Waals surface area contributed by atoms with E-state index in [1.165, 1.54) is 0 Å². The predicted octanol–water partition coefficient (Wildman–Crippen LogP) is 2.61. The van der Waals surface area contributed by atoms with Crippen LogP contribution in [0.5, 0.6) is 0 Å². The van der Waals surface area contributed by atoms with E-state index in [-0.39, 0.29) is 5.41 Å². The van der Waals surface area contributed by atoms with Crippen LogP contribution < -0.4 is 10.6 Å². The minimum absolute atomic E-state index is 0.0404. The van der Waals surface area contributed by atoms with Gasteiger partial charge in [-0.2, -0.15) is 0 Å². The van der Waals surface area contributed by atoms with Crippen LogP contribution in [0.1, 0.15) is 58.6 Å². The van der Waals surface area contributed by atoms with Gasteiger partial charge in [-0.25, -0.2) is 9.98 Å². The summed E-state index contributed by atoms with van der Waals surface area (Å²) in [5.41, 5.74) is -0.0404. The third-order valence-corrected chi connectivity index (χ3v) is 4.10. The Morgan fingerprint density at radius 3 is 2.88 bits per heavy atom. The summed E-state index contributed by atoms with van der Waals surface area (Å²) < 4.78 is 17.0. The molecular weight excluding hydrogens is 332 g/mol. The van der Waals surface area contributed by atoms with Gasteiger partial charge in [0.25, 0.3) is 0 Å². The second kappa shape index (κ2) is 10.5. The van der Waals surface area contributed by atoms with E-state index in [2.05, 4.69) is 41.4 Å². The van der Waals surface area contributed by atoms with E-state index < -0.39 is 0 Å². The van der Waals surface area contributed by atoms with Crippen molar-refractivity contribution in [3.8, 4) is 0 Å². The number of aliphatic imine (C=N–C) groups is 1. The molecule has 0 radical (unpaired) electrons. The average Bonchev–Trinajstić information content (AvgIpc) is 3.26. The molecule has 1 fully saturated rings. The second-order valence-electron chi connectivity index (χ2n) is 7.55. The summed E-state index contributed by atoms with van der Waals surface area (Å²) in [6.07, 6.45) is 5.27. The van der Waals surface area contributed by atoms with E-state index in [9.17, 15) is 0 Å². The van der Waals surface area contributed by atoms with Crippen LogP contribution in [-0.4, -0.2) is 50.0 Å². The van der Waals surface area contributed by atoms with Crippen molar-refractivity contribution in [3.05, 3.63) is 17.8 Å². The molecule has 0 spiro atoms. The number of rotatable bonds is 9. The Bertz CT molecular complexity index is 545. The maximum Gasteiger partial charge on any atom is 0.216 e. The van der Waals surface area contributed by atoms with Gasteiger partial charge in [0.1, 0.15) is 12.3 Å². The lowest BCUT2D eigenvalue weighted by molar-refractivity contribution is 0.0168. The quantitative estimate of drug-likeness (QED) is 0.397. The maximum absolute atomic E-state index is 5.78. The summed E-state index contributed by atoms with van der Waals surface area (Å²) in [6.45, 7) is 12.7. The zero-order valence-electron chi connectivity index (χ0n) is 16.6. The molecule has 1 aliphatic heterocycles. The molecule has 0 aromatic carbocycles. The molecule has 0 saturated carbocycles. The van der Waals surface area contributed by atoms with Crippen LogP contribution in [0.3, 0.4) is 0 Å². The first kappa shape index (κ1) is 20.7. The highest BCUT2D eigenvalue weighted by Gasteiger charge is 2.19. The lowest BCUT2D eigenvalue weighted by atomic mass is 9.94. The molecule has 7 nitrogen and oxygen atoms in total. The number of nitrogens with one attached hydrogen (secondary N) is 2. The first-order valence-electron chi connectivity index (χ1n) is 9.65. The molecule has 0 bridgehead atoms. The molecule has 0 aliphatic carbocycles. The second-order valence-corrected chi connectivity index (χ2v) is 7.55. The Labute approximate surface area is 157 Å². The lowest BCUT2D eigenvalue weighted by Gasteiger charge is -2.13. The summed E-state index contributed by atoms with van der Waals surface area (Å²) in [7, 11) is 0. The van der Waals surface area contributed by atoms with Crippen LogP contribution >= 0.6 is 0 Å². The number of aromatic nitrogens is 1. The minimum atomic E-state index is -0.0404. The first-order valence-corrected chi connectivity index (χ1v) is 9.65. The van der Waals surface area contributed by atoms with Crippen molar-refractivity contribution in [2.45, 2.75) is 65.0 Å². The van der Waals surface area contributed by atoms with Gasteiger partial charge in [0, 0.05) is 31.7 Å². The molecule has 1 atom stereocenters. The van der Waals surface area contributed by atoms with Crippen molar-refractivity contribution in [2.75, 3.05) is 32.9 Å². The topological polar surface area (TPSA) is 80.9 Å². The Balaban J connectivity index is 1.68. The summed E-state index contributed by atoms with van der Waals surface area (Å²) in [4.78, 5) is 8.85. The SMILES string of the molecule is CCNC(=NCc1ncc(C(C)(C)C)o1)NCCCOCC1CCCO1. The molecule has 0 amide bonds. The predicted molar refractivity (Wildman–Crippen MR) is 102 cm³/mol. The van der Waals surface area contributed by atoms with Gasteiger partial charge in [-0.15, -0.1) is 0 Å². The molecule has 7 heteroatoms. The fourth-order valence-electron chi connectivity index (χ4n) is 2.59. The van der Waals surface area contributed by atoms with Crippen LogP contribution in [0.4, 0.5) is 0 Å². The van der Waals surface area contributed by atoms with Gasteiger partial charge < -0.3 is 24.5 Å². The highest BCUT2D eigenvalue weighted by molar-refractivity contribution is 5.79. The number of hydrogen-bond acceptors (Lipinski definition) is 5. The van der Waals surface area contributed by atoms with Crippen molar-refractivity contribution in [3.63, 3.8) is 0 Å². The number of hydrogen-bond donors (Lipinski definition) is 2. The van der Waals surface area contributed by atoms with Crippen LogP contribution in [0, 0.1) is 0 Å². The number of guanidine groups is 1. The van der Waals surface area contributed by atoms with Crippen molar-refractivity contribution in [1.29, 1.82) is 0 Å². The van der Waals surface area contributed by atoms with Gasteiger partial charge in [0.15, 0.2) is 5.96 Å². The molecule has 1 saturated heterocycles. The minimum Gasteiger partial charge on any atom is -0.443 e. The van der Waals surface area contributed by atoms with Crippen LogP contribution in [0.15, 0.2) is 15.6 Å². The van der Waals surface area contributed by atoms with E-state index in [1.807, 2.05) is 6.92 Å². The molecule has 1 aromatic heterocycles. The molecule has 1 aliphatic rings. The summed E-state index contributed by atoms with van der Waals surface area (Å²) in [5.74, 6) is 2.28. The van der Waals surface area contributed by atoms with Crippen molar-refractivity contribution < 1.29 is 13.9 Å². The third kappa shape index (κ3) is 7.33. The van der Waals surface area contributed by atoms with Crippen molar-refractivity contribution >= 4 is 5.96 Å². The fourth-order valence-corrected chi connectivity index (χ4v) is 2.59. The highest BCUT2D eigenvalue weighted by Crippen LogP contribution is 2.22. The summed E-state index contributed by atoms with van der Waals surface area (Å²) >= 11 is 0. The van der Waals surface area contributed by atoms with Gasteiger partial charge in [-0.3, -0.25) is 0 Å². The third-order valence-electron chi connectivity index (χ3n) is 4.10. The van der Waals surface area contributed by atoms with Gasteiger partial charge in [-0.05, 0) is 26.2 Å². The van der Waals surface area contributed by atoms with E-state index in [1.54, 1.807) is 6.20 Å². The molecule has 2 rings (SSSR count). The van der Waals surface area contributed by atoms with Gasteiger partial charge in [-0.1, -0.05) is 20.8 Å². The van der Waals surface area contributed by atoms with Crippen LogP contribution in [0.25, 0.3) is 0 Å². The Morgan fingerprint density at radius 2 is 2.23 bits per heavy atom. The number of oxazole rings is 1. The van der Waals surface area contributed by atoms with Gasteiger partial charge in [0.05, 0.1) is 18.9 Å². The Kier molecular flexibility index (Phi) is 8.38. The van der Waals surface area contributed by atoms with Crippen LogP contribution in [-0.2, 0) is 21.4 Å².